The molecule has 4 spiro atoms. The average Bonchev–Trinajstić information content (AvgIpc) is 3.90. The van der Waals surface area contributed by atoms with Crippen molar-refractivity contribution in [2.45, 2.75) is 156 Å². The number of ether oxygens (including phenoxy) is 4. The second-order valence-corrected chi connectivity index (χ2v) is 17.0. The zero-order valence-electron chi connectivity index (χ0n) is 28.4. The Hall–Kier alpha value is -2.42. The third-order valence-electron chi connectivity index (χ3n) is 12.3. The number of hydrogen-bond donors (Lipinski definition) is 0. The quantitative estimate of drug-likeness (QED) is 0.222. The van der Waals surface area contributed by atoms with E-state index in [4.69, 9.17) is 41.9 Å². The van der Waals surface area contributed by atoms with Crippen LogP contribution in [-0.4, -0.2) is 95.3 Å². The normalized spacial score (nSPS) is 28.7. The molecule has 9 rings (SSSR count). The van der Waals surface area contributed by atoms with Gasteiger partial charge in [-0.2, -0.15) is 13.2 Å². The summed E-state index contributed by atoms with van der Waals surface area (Å²) in [6.07, 6.45) is 25.8. The van der Waals surface area contributed by atoms with E-state index in [1.807, 2.05) is 0 Å². The molecule has 0 aromatic carbocycles. The highest BCUT2D eigenvalue weighted by atomic mass is 32.2. The summed E-state index contributed by atoms with van der Waals surface area (Å²) >= 11 is 0. The lowest BCUT2D eigenvalue weighted by Crippen LogP contribution is -2.53. The Morgan fingerprint density at radius 2 is 0.878 bits per heavy atom. The molecule has 0 amide bonds. The zero-order valence-corrected chi connectivity index (χ0v) is 29.2. The number of alkyl halides is 3. The minimum atomic E-state index is -6.09. The van der Waals surface area contributed by atoms with Gasteiger partial charge >= 0.3 is 5.51 Å². The number of rotatable bonds is 1. The van der Waals surface area contributed by atoms with Gasteiger partial charge < -0.3 is 33.3 Å². The molecule has 2 saturated heterocycles. The molecule has 0 unspecified atom stereocenters. The van der Waals surface area contributed by atoms with Crippen molar-refractivity contribution in [2.24, 2.45) is 9.98 Å². The third kappa shape index (κ3) is 6.83. The van der Waals surface area contributed by atoms with E-state index in [-0.39, 0.29) is 22.2 Å². The first-order valence-corrected chi connectivity index (χ1v) is 19.8. The van der Waals surface area contributed by atoms with Crippen molar-refractivity contribution in [2.75, 3.05) is 33.1 Å². The molecule has 9 aliphatic rings. The van der Waals surface area contributed by atoms with E-state index in [0.29, 0.717) is 11.8 Å². The lowest BCUT2D eigenvalue weighted by Gasteiger charge is -2.43. The standard InChI is InChI=1S/C17H26N2O2.C16H24N2O2.CHF3O3S/c1-3-7-16(8-4-1)11-20-14-15-19(13-18(14)16)17(12-21-15)9-5-2-6-10-17;1-3-7-15(8-4-1)11-19-13(17-15)14-18-16(12-20-14)9-5-2-6-10-16;2-1(3,4)8(5,6)7/h1-13H2;1-12H2;(H,5,6,7)/p-1. The summed E-state index contributed by atoms with van der Waals surface area (Å²) in [5, 5.41) is 0. The van der Waals surface area contributed by atoms with Crippen molar-refractivity contribution in [1.82, 2.24) is 9.80 Å². The topological polar surface area (TPSA) is 125 Å². The van der Waals surface area contributed by atoms with Crippen LogP contribution >= 0.6 is 0 Å². The molecule has 276 valence electrons. The molecular formula is C34H50F3N4O7S-. The first-order chi connectivity index (χ1) is 23.4. The third-order valence-corrected chi connectivity index (χ3v) is 12.9. The molecule has 11 nitrogen and oxygen atoms in total. The van der Waals surface area contributed by atoms with Gasteiger partial charge in [-0.25, -0.2) is 18.4 Å². The number of fused-ring (bicyclic) bond motifs is 4. The van der Waals surface area contributed by atoms with Gasteiger partial charge in [-0.15, -0.1) is 0 Å². The van der Waals surface area contributed by atoms with Gasteiger partial charge in [0.1, 0.15) is 26.4 Å². The van der Waals surface area contributed by atoms with Crippen LogP contribution in [-0.2, 0) is 29.1 Å². The molecular weight excluding hydrogens is 665 g/mol. The van der Waals surface area contributed by atoms with E-state index in [0.717, 1.165) is 70.5 Å². The molecule has 4 aliphatic carbocycles. The number of halogens is 3. The number of nitrogens with zero attached hydrogens (tertiary/aromatic N) is 4. The molecule has 15 heteroatoms. The Morgan fingerprint density at radius 1 is 0.551 bits per heavy atom. The summed E-state index contributed by atoms with van der Waals surface area (Å²) in [5.41, 5.74) is -5.00. The second kappa shape index (κ2) is 13.3. The van der Waals surface area contributed by atoms with Crippen LogP contribution in [0.15, 0.2) is 21.8 Å². The van der Waals surface area contributed by atoms with E-state index >= 15 is 0 Å². The van der Waals surface area contributed by atoms with Crippen molar-refractivity contribution >= 4 is 21.9 Å². The molecule has 5 heterocycles. The van der Waals surface area contributed by atoms with Crippen molar-refractivity contribution in [3.05, 3.63) is 11.8 Å². The fraction of sp³-hybridized carbons (Fsp3) is 0.882. The van der Waals surface area contributed by atoms with Gasteiger partial charge in [0.2, 0.25) is 0 Å². The Balaban J connectivity index is 0.000000128. The zero-order chi connectivity index (χ0) is 34.4. The maximum absolute atomic E-state index is 10.7. The Bertz CT molecular complexity index is 1340. The van der Waals surface area contributed by atoms with E-state index < -0.39 is 15.6 Å². The minimum Gasteiger partial charge on any atom is -0.741 e. The van der Waals surface area contributed by atoms with Crippen LogP contribution in [0.1, 0.15) is 128 Å². The van der Waals surface area contributed by atoms with Crippen molar-refractivity contribution in [1.29, 1.82) is 0 Å². The molecule has 49 heavy (non-hydrogen) atoms. The predicted molar refractivity (Wildman–Crippen MR) is 173 cm³/mol. The summed E-state index contributed by atoms with van der Waals surface area (Å²) in [7, 11) is -6.09. The molecule has 0 bridgehead atoms. The maximum Gasteiger partial charge on any atom is 0.485 e. The summed E-state index contributed by atoms with van der Waals surface area (Å²) < 4.78 is 82.9. The highest BCUT2D eigenvalue weighted by Crippen LogP contribution is 2.52. The Morgan fingerprint density at radius 3 is 1.20 bits per heavy atom. The largest absolute Gasteiger partial charge is 0.741 e. The van der Waals surface area contributed by atoms with Crippen LogP contribution in [0.25, 0.3) is 0 Å². The number of aliphatic imine (C=N–C) groups is 2. The summed E-state index contributed by atoms with van der Waals surface area (Å²) in [6, 6.07) is 0. The average molecular weight is 716 g/mol. The summed E-state index contributed by atoms with van der Waals surface area (Å²) in [5.74, 6) is 3.52. The number of hydrogen-bond acceptors (Lipinski definition) is 11. The smallest absolute Gasteiger partial charge is 0.485 e. The fourth-order valence-electron chi connectivity index (χ4n) is 9.44. The molecule has 0 aromatic rings. The maximum atomic E-state index is 10.7. The molecule has 0 radical (unpaired) electrons. The van der Waals surface area contributed by atoms with E-state index in [9.17, 15) is 13.2 Å². The first-order valence-electron chi connectivity index (χ1n) is 18.4. The van der Waals surface area contributed by atoms with Gasteiger partial charge in [-0.3, -0.25) is 0 Å². The van der Waals surface area contributed by atoms with Gasteiger partial charge in [-0.1, -0.05) is 77.0 Å². The van der Waals surface area contributed by atoms with Gasteiger partial charge in [-0.05, 0) is 51.4 Å². The Kier molecular flexibility index (Phi) is 9.49. The highest BCUT2D eigenvalue weighted by Gasteiger charge is 2.58. The van der Waals surface area contributed by atoms with Crippen LogP contribution in [0.3, 0.4) is 0 Å². The summed E-state index contributed by atoms with van der Waals surface area (Å²) in [6.45, 7) is 4.26. The van der Waals surface area contributed by atoms with E-state index in [1.165, 1.54) is 103 Å². The predicted octanol–water partition coefficient (Wildman–Crippen LogP) is 6.46. The van der Waals surface area contributed by atoms with Gasteiger partial charge in [0.15, 0.2) is 10.1 Å². The van der Waals surface area contributed by atoms with Crippen molar-refractivity contribution in [3.63, 3.8) is 0 Å². The fourth-order valence-corrected chi connectivity index (χ4v) is 9.44. The molecule has 4 saturated carbocycles. The Labute approximate surface area is 287 Å². The van der Waals surface area contributed by atoms with Gasteiger partial charge in [0.25, 0.3) is 23.6 Å². The van der Waals surface area contributed by atoms with E-state index in [2.05, 4.69) is 9.80 Å². The van der Waals surface area contributed by atoms with Crippen LogP contribution in [0, 0.1) is 0 Å². The van der Waals surface area contributed by atoms with Crippen LogP contribution < -0.4 is 0 Å². The minimum absolute atomic E-state index is 0.0434. The van der Waals surface area contributed by atoms with Gasteiger partial charge in [0.05, 0.1) is 28.8 Å². The summed E-state index contributed by atoms with van der Waals surface area (Å²) in [4.78, 5) is 14.9. The van der Waals surface area contributed by atoms with Crippen molar-refractivity contribution in [3.8, 4) is 0 Å². The van der Waals surface area contributed by atoms with E-state index in [1.54, 1.807) is 0 Å². The van der Waals surface area contributed by atoms with Crippen LogP contribution in [0.4, 0.5) is 13.2 Å². The lowest BCUT2D eigenvalue weighted by atomic mass is 9.81. The molecule has 0 aromatic heterocycles. The lowest BCUT2D eigenvalue weighted by molar-refractivity contribution is -0.0517. The van der Waals surface area contributed by atoms with Crippen LogP contribution in [0.2, 0.25) is 0 Å². The van der Waals surface area contributed by atoms with Crippen molar-refractivity contribution < 1.29 is 45.1 Å². The monoisotopic (exact) mass is 715 g/mol. The first kappa shape index (κ1) is 35.0. The molecule has 0 atom stereocenters. The molecule has 6 fully saturated rings. The van der Waals surface area contributed by atoms with Crippen LogP contribution in [0.5, 0.6) is 0 Å². The highest BCUT2D eigenvalue weighted by molar-refractivity contribution is 7.86. The SMILES string of the molecule is C1CCC2(CC1)COC(C1=NC3(CCCCC3)CO1)=N2.C1CCC2(CC1)COC1=C3OCC4(CCCCC4)N3CN12.O=S(=O)([O-])C(F)(F)F. The second-order valence-electron chi connectivity index (χ2n) is 15.6. The van der Waals surface area contributed by atoms with Gasteiger partial charge in [0, 0.05) is 0 Å². The molecule has 0 N–H and O–H groups in total. The molecule has 5 aliphatic heterocycles.